The molecule has 3 rings (SSSR count). The van der Waals surface area contributed by atoms with Gasteiger partial charge in [-0.25, -0.2) is 8.42 Å². The van der Waals surface area contributed by atoms with E-state index >= 15 is 0 Å². The number of methoxy groups -OCH3 is 2. The number of rotatable bonds is 11. The molecule has 0 aliphatic carbocycles. The third-order valence-corrected chi connectivity index (χ3v) is 7.42. The van der Waals surface area contributed by atoms with Crippen molar-refractivity contribution in [2.75, 3.05) is 38.2 Å². The first kappa shape index (κ1) is 27.9. The van der Waals surface area contributed by atoms with Crippen LogP contribution < -0.4 is 23.8 Å². The largest absolute Gasteiger partial charge is 0.497 e. The lowest BCUT2D eigenvalue weighted by Gasteiger charge is -2.26. The number of ether oxygens (including phenoxy) is 3. The van der Waals surface area contributed by atoms with Gasteiger partial charge in [0.15, 0.2) is 0 Å². The van der Waals surface area contributed by atoms with E-state index in [1.807, 2.05) is 24.3 Å². The molecule has 0 fully saturated rings. The molecule has 37 heavy (non-hydrogen) atoms. The third kappa shape index (κ3) is 6.95. The summed E-state index contributed by atoms with van der Waals surface area (Å²) < 4.78 is 44.9. The summed E-state index contributed by atoms with van der Waals surface area (Å²) in [5.74, 6) is 0.973. The Morgan fingerprint density at radius 3 is 2.22 bits per heavy atom. The number of sulfonamides is 1. The van der Waals surface area contributed by atoms with E-state index in [1.54, 1.807) is 30.3 Å². The Balaban J connectivity index is 1.79. The minimum atomic E-state index is -4.10. The second-order valence-corrected chi connectivity index (χ2v) is 11.2. The van der Waals surface area contributed by atoms with Crippen molar-refractivity contribution >= 4 is 21.6 Å². The van der Waals surface area contributed by atoms with E-state index in [9.17, 15) is 13.2 Å². The van der Waals surface area contributed by atoms with E-state index in [-0.39, 0.29) is 34.9 Å². The van der Waals surface area contributed by atoms with Gasteiger partial charge < -0.3 is 19.5 Å². The summed E-state index contributed by atoms with van der Waals surface area (Å²) in [6.45, 7) is 6.28. The molecule has 1 amide bonds. The van der Waals surface area contributed by atoms with Crippen LogP contribution in [0.2, 0.25) is 0 Å². The quantitative estimate of drug-likeness (QED) is 0.373. The number of benzene rings is 3. The van der Waals surface area contributed by atoms with Crippen LogP contribution in [0.5, 0.6) is 17.2 Å². The fraction of sp³-hybridized carbons (Fsp3) is 0.321. The highest BCUT2D eigenvalue weighted by molar-refractivity contribution is 7.92. The molecule has 0 aliphatic heterocycles. The monoisotopic (exact) mass is 526 g/mol. The van der Waals surface area contributed by atoms with E-state index in [0.29, 0.717) is 5.75 Å². The van der Waals surface area contributed by atoms with Crippen LogP contribution in [0.25, 0.3) is 0 Å². The van der Waals surface area contributed by atoms with Crippen molar-refractivity contribution in [2.24, 2.45) is 0 Å². The lowest BCUT2D eigenvalue weighted by atomic mass is 9.86. The fourth-order valence-electron chi connectivity index (χ4n) is 3.76. The van der Waals surface area contributed by atoms with Crippen LogP contribution in [-0.4, -0.2) is 48.2 Å². The van der Waals surface area contributed by atoms with Crippen LogP contribution >= 0.6 is 0 Å². The van der Waals surface area contributed by atoms with Crippen LogP contribution in [0, 0.1) is 0 Å². The Hall–Kier alpha value is -3.72. The minimum Gasteiger partial charge on any atom is -0.497 e. The van der Waals surface area contributed by atoms with Crippen LogP contribution in [0.15, 0.2) is 77.7 Å². The topological polar surface area (TPSA) is 94.2 Å². The van der Waals surface area contributed by atoms with Crippen molar-refractivity contribution in [2.45, 2.75) is 31.1 Å². The van der Waals surface area contributed by atoms with Gasteiger partial charge in [0.1, 0.15) is 30.4 Å². The number of hydrogen-bond acceptors (Lipinski definition) is 6. The maximum absolute atomic E-state index is 13.6. The number of anilines is 1. The highest BCUT2D eigenvalue weighted by Crippen LogP contribution is 2.35. The number of nitrogens with zero attached hydrogens (tertiary/aromatic N) is 1. The summed E-state index contributed by atoms with van der Waals surface area (Å²) in [6.07, 6.45) is 0. The molecule has 9 heteroatoms. The van der Waals surface area contributed by atoms with Gasteiger partial charge in [0, 0.05) is 6.07 Å². The predicted octanol–water partition coefficient (Wildman–Crippen LogP) is 4.39. The zero-order valence-corrected chi connectivity index (χ0v) is 22.7. The van der Waals surface area contributed by atoms with E-state index in [0.717, 1.165) is 15.6 Å². The first-order chi connectivity index (χ1) is 17.6. The Morgan fingerprint density at radius 1 is 0.892 bits per heavy atom. The van der Waals surface area contributed by atoms with Crippen molar-refractivity contribution in [3.63, 3.8) is 0 Å². The summed E-state index contributed by atoms with van der Waals surface area (Å²) in [5, 5.41) is 2.76. The Morgan fingerprint density at radius 2 is 1.57 bits per heavy atom. The molecular weight excluding hydrogens is 492 g/mol. The van der Waals surface area contributed by atoms with Gasteiger partial charge in [0.25, 0.3) is 10.0 Å². The van der Waals surface area contributed by atoms with Gasteiger partial charge in [-0.3, -0.25) is 9.10 Å². The molecule has 8 nitrogen and oxygen atoms in total. The maximum atomic E-state index is 13.6. The average molecular weight is 527 g/mol. The van der Waals surface area contributed by atoms with Crippen molar-refractivity contribution in [3.05, 3.63) is 78.4 Å². The molecule has 0 spiro atoms. The lowest BCUT2D eigenvalue weighted by molar-refractivity contribution is -0.119. The SMILES string of the molecule is COc1ccc(OC)c(N(CC(=O)NCCOc2ccccc2C(C)(C)C)S(=O)(=O)c2ccccc2)c1. The van der Waals surface area contributed by atoms with Gasteiger partial charge in [-0.2, -0.15) is 0 Å². The summed E-state index contributed by atoms with van der Waals surface area (Å²) in [5.41, 5.74) is 1.16. The molecule has 0 heterocycles. The van der Waals surface area contributed by atoms with Crippen molar-refractivity contribution < 1.29 is 27.4 Å². The van der Waals surface area contributed by atoms with Crippen molar-refractivity contribution in [3.8, 4) is 17.2 Å². The minimum absolute atomic E-state index is 0.0507. The molecule has 0 unspecified atom stereocenters. The van der Waals surface area contributed by atoms with Crippen LogP contribution in [0.3, 0.4) is 0 Å². The number of para-hydroxylation sites is 1. The molecule has 1 N–H and O–H groups in total. The lowest BCUT2D eigenvalue weighted by Crippen LogP contribution is -2.42. The Bertz CT molecular complexity index is 1300. The summed E-state index contributed by atoms with van der Waals surface area (Å²) in [6, 6.07) is 20.5. The molecule has 198 valence electrons. The average Bonchev–Trinajstić information content (AvgIpc) is 2.89. The molecule has 0 radical (unpaired) electrons. The predicted molar refractivity (Wildman–Crippen MR) is 144 cm³/mol. The van der Waals surface area contributed by atoms with Gasteiger partial charge >= 0.3 is 0 Å². The maximum Gasteiger partial charge on any atom is 0.264 e. The molecule has 0 aromatic heterocycles. The highest BCUT2D eigenvalue weighted by Gasteiger charge is 2.30. The van der Waals surface area contributed by atoms with Crippen LogP contribution in [0.4, 0.5) is 5.69 Å². The molecule has 3 aromatic carbocycles. The van der Waals surface area contributed by atoms with Crippen molar-refractivity contribution in [1.29, 1.82) is 0 Å². The van der Waals surface area contributed by atoms with Gasteiger partial charge in [-0.05, 0) is 41.3 Å². The smallest absolute Gasteiger partial charge is 0.264 e. The third-order valence-electron chi connectivity index (χ3n) is 5.65. The second kappa shape index (κ2) is 12.0. The second-order valence-electron chi connectivity index (χ2n) is 9.31. The molecule has 3 aromatic rings. The van der Waals surface area contributed by atoms with E-state index in [4.69, 9.17) is 14.2 Å². The Kier molecular flexibility index (Phi) is 9.04. The zero-order chi connectivity index (χ0) is 27.1. The number of hydrogen-bond donors (Lipinski definition) is 1. The summed E-state index contributed by atoms with van der Waals surface area (Å²) >= 11 is 0. The van der Waals surface area contributed by atoms with Gasteiger partial charge in [-0.1, -0.05) is 57.2 Å². The molecule has 0 bridgehead atoms. The van der Waals surface area contributed by atoms with Gasteiger partial charge in [-0.15, -0.1) is 0 Å². The first-order valence-corrected chi connectivity index (χ1v) is 13.3. The van der Waals surface area contributed by atoms with E-state index in [1.165, 1.54) is 32.4 Å². The van der Waals surface area contributed by atoms with E-state index in [2.05, 4.69) is 26.1 Å². The summed E-state index contributed by atoms with van der Waals surface area (Å²) in [4.78, 5) is 13.0. The Labute approximate surface area is 219 Å². The normalized spacial score (nSPS) is 11.5. The van der Waals surface area contributed by atoms with Gasteiger partial charge in [0.2, 0.25) is 5.91 Å². The molecule has 0 saturated carbocycles. The highest BCUT2D eigenvalue weighted by atomic mass is 32.2. The molecular formula is C28H34N2O6S. The number of nitrogens with one attached hydrogen (secondary N) is 1. The molecule has 0 aliphatic rings. The van der Waals surface area contributed by atoms with Crippen molar-refractivity contribution in [1.82, 2.24) is 5.32 Å². The first-order valence-electron chi connectivity index (χ1n) is 11.9. The summed E-state index contributed by atoms with van der Waals surface area (Å²) in [7, 11) is -1.18. The van der Waals surface area contributed by atoms with Crippen LogP contribution in [0.1, 0.15) is 26.3 Å². The standard InChI is InChI=1S/C28H34N2O6S/c1-28(2,3)23-13-9-10-14-25(23)36-18-17-29-27(31)20-30(37(32,33)22-11-7-6-8-12-22)24-19-21(34-4)15-16-26(24)35-5/h6-16,19H,17-18,20H2,1-5H3,(H,29,31). The van der Waals surface area contributed by atoms with Gasteiger partial charge in [0.05, 0.1) is 31.3 Å². The zero-order valence-electron chi connectivity index (χ0n) is 21.9. The molecule has 0 saturated heterocycles. The van der Waals surface area contributed by atoms with E-state index < -0.39 is 22.5 Å². The fourth-order valence-corrected chi connectivity index (χ4v) is 5.21. The molecule has 0 atom stereocenters. The number of carbonyl (C=O) groups excluding carboxylic acids is 1. The number of amides is 1. The number of carbonyl (C=O) groups is 1. The van der Waals surface area contributed by atoms with Crippen LogP contribution in [-0.2, 0) is 20.2 Å².